The van der Waals surface area contributed by atoms with Gasteiger partial charge in [-0.2, -0.15) is 0 Å². The van der Waals surface area contributed by atoms with Gasteiger partial charge in [0.2, 0.25) is 5.91 Å². The summed E-state index contributed by atoms with van der Waals surface area (Å²) in [6.07, 6.45) is 0.634. The third-order valence-electron chi connectivity index (χ3n) is 3.21. The van der Waals surface area contributed by atoms with E-state index < -0.39 is 7.12 Å². The van der Waals surface area contributed by atoms with Crippen molar-refractivity contribution in [1.82, 2.24) is 10.6 Å². The van der Waals surface area contributed by atoms with Crippen LogP contribution < -0.4 is 10.6 Å². The van der Waals surface area contributed by atoms with Gasteiger partial charge >= 0.3 is 7.12 Å². The van der Waals surface area contributed by atoms with E-state index in [2.05, 4.69) is 10.6 Å². The Morgan fingerprint density at radius 3 is 2.52 bits per heavy atom. The Labute approximate surface area is 130 Å². The second-order valence-corrected chi connectivity index (χ2v) is 5.43. The number of nitrogens with one attached hydrogen (secondary N) is 2. The molecule has 0 radical (unpaired) electrons. The molecule has 1 fully saturated rings. The van der Waals surface area contributed by atoms with Gasteiger partial charge < -0.3 is 19.9 Å². The fourth-order valence-corrected chi connectivity index (χ4v) is 2.38. The van der Waals surface area contributed by atoms with Crippen molar-refractivity contribution in [2.75, 3.05) is 26.3 Å². The van der Waals surface area contributed by atoms with Crippen molar-refractivity contribution in [1.29, 1.82) is 0 Å². The summed E-state index contributed by atoms with van der Waals surface area (Å²) in [7, 11) is -0.438. The van der Waals surface area contributed by atoms with Crippen LogP contribution in [0.3, 0.4) is 0 Å². The first kappa shape index (κ1) is 16.3. The Morgan fingerprint density at radius 1 is 1.33 bits per heavy atom. The summed E-state index contributed by atoms with van der Waals surface area (Å²) >= 11 is 5.89. The average Bonchev–Trinajstić information content (AvgIpc) is 2.40. The molecule has 1 aromatic carbocycles. The van der Waals surface area contributed by atoms with Gasteiger partial charge in [0.15, 0.2) is 0 Å². The van der Waals surface area contributed by atoms with Gasteiger partial charge in [-0.1, -0.05) is 23.7 Å². The highest BCUT2D eigenvalue weighted by molar-refractivity contribution is 6.47. The number of carbonyl (C=O) groups is 1. The lowest BCUT2D eigenvalue weighted by atomic mass is 9.74. The number of carbonyl (C=O) groups excluding carboxylic acids is 1. The molecule has 7 heteroatoms. The molecule has 0 bridgehead atoms. The van der Waals surface area contributed by atoms with E-state index in [0.29, 0.717) is 24.7 Å². The maximum absolute atomic E-state index is 11.4. The summed E-state index contributed by atoms with van der Waals surface area (Å²) in [4.78, 5) is 11.4. The lowest BCUT2D eigenvalue weighted by Gasteiger charge is -2.26. The Kier molecular flexibility index (Phi) is 6.51. The summed E-state index contributed by atoms with van der Waals surface area (Å²) in [6.45, 7) is 4.18. The molecule has 2 N–H and O–H groups in total. The number of benzene rings is 1. The Balaban J connectivity index is 2.04. The molecule has 1 atom stereocenters. The highest BCUT2D eigenvalue weighted by Gasteiger charge is 2.32. The van der Waals surface area contributed by atoms with E-state index in [1.807, 2.05) is 24.3 Å². The van der Waals surface area contributed by atoms with Crippen molar-refractivity contribution in [2.24, 2.45) is 0 Å². The highest BCUT2D eigenvalue weighted by atomic mass is 35.5. The van der Waals surface area contributed by atoms with Crippen molar-refractivity contribution in [2.45, 2.75) is 19.3 Å². The van der Waals surface area contributed by atoms with Crippen LogP contribution in [0.25, 0.3) is 0 Å². The Hall–Kier alpha value is -1.08. The molecule has 2 rings (SSSR count). The molecule has 1 aliphatic rings. The molecule has 1 aromatic rings. The fourth-order valence-electron chi connectivity index (χ4n) is 2.25. The van der Waals surface area contributed by atoms with Crippen molar-refractivity contribution >= 4 is 24.6 Å². The maximum atomic E-state index is 11.4. The monoisotopic (exact) mass is 310 g/mol. The predicted octanol–water partition coefficient (Wildman–Crippen LogP) is 1.05. The smallest absolute Gasteiger partial charge is 0.408 e. The molecule has 1 amide bonds. The number of hydrogen-bond donors (Lipinski definition) is 2. The van der Waals surface area contributed by atoms with E-state index in [9.17, 15) is 4.79 Å². The molecular weight excluding hydrogens is 290 g/mol. The van der Waals surface area contributed by atoms with Crippen molar-refractivity contribution in [3.63, 3.8) is 0 Å². The molecule has 0 spiro atoms. The molecule has 0 aliphatic carbocycles. The highest BCUT2D eigenvalue weighted by Crippen LogP contribution is 2.13. The second-order valence-electron chi connectivity index (χ2n) is 5.00. The van der Waals surface area contributed by atoms with Crippen LogP contribution in [0.4, 0.5) is 0 Å². The van der Waals surface area contributed by atoms with Gasteiger partial charge in [-0.3, -0.25) is 4.79 Å². The molecular formula is C14H20BClN2O3. The number of rotatable bonds is 4. The van der Waals surface area contributed by atoms with Gasteiger partial charge in [-0.05, 0) is 24.1 Å². The van der Waals surface area contributed by atoms with Crippen LogP contribution in [0.1, 0.15) is 12.5 Å². The van der Waals surface area contributed by atoms with Gasteiger partial charge in [0.1, 0.15) is 0 Å². The Morgan fingerprint density at radius 2 is 1.95 bits per heavy atom. The zero-order valence-electron chi connectivity index (χ0n) is 12.1. The predicted molar refractivity (Wildman–Crippen MR) is 83.3 cm³/mol. The minimum absolute atomic E-state index is 0.0960. The molecule has 1 aliphatic heterocycles. The lowest BCUT2D eigenvalue weighted by molar-refractivity contribution is -0.119. The molecule has 114 valence electrons. The van der Waals surface area contributed by atoms with Crippen LogP contribution in [0.2, 0.25) is 5.02 Å². The van der Waals surface area contributed by atoms with E-state index in [1.54, 1.807) is 0 Å². The summed E-state index contributed by atoms with van der Waals surface area (Å²) in [5.41, 5.74) is 1.07. The van der Waals surface area contributed by atoms with Crippen LogP contribution in [0.5, 0.6) is 0 Å². The van der Waals surface area contributed by atoms with Crippen molar-refractivity contribution in [3.05, 3.63) is 34.9 Å². The zero-order chi connectivity index (χ0) is 15.1. The number of amides is 1. The van der Waals surface area contributed by atoms with Gasteiger partial charge in [-0.25, -0.2) is 0 Å². The van der Waals surface area contributed by atoms with E-state index in [0.717, 1.165) is 18.7 Å². The zero-order valence-corrected chi connectivity index (χ0v) is 12.9. The largest absolute Gasteiger partial charge is 0.481 e. The quantitative estimate of drug-likeness (QED) is 0.816. The minimum Gasteiger partial charge on any atom is -0.408 e. The topological polar surface area (TPSA) is 59.6 Å². The van der Waals surface area contributed by atoms with Crippen LogP contribution >= 0.6 is 11.6 Å². The summed E-state index contributed by atoms with van der Waals surface area (Å²) in [6, 6.07) is 7.57. The SMILES string of the molecule is CC(=O)N[C@@H](Cc1ccc(Cl)cc1)B1OCCNCCO1. The van der Waals surface area contributed by atoms with Gasteiger partial charge in [-0.15, -0.1) is 0 Å². The normalized spacial score (nSPS) is 17.7. The minimum atomic E-state index is -0.438. The third kappa shape index (κ3) is 5.67. The maximum Gasteiger partial charge on any atom is 0.481 e. The molecule has 5 nitrogen and oxygen atoms in total. The van der Waals surface area contributed by atoms with Crippen LogP contribution in [0.15, 0.2) is 24.3 Å². The van der Waals surface area contributed by atoms with Gasteiger partial charge in [0.25, 0.3) is 0 Å². The lowest BCUT2D eigenvalue weighted by Crippen LogP contribution is -2.52. The average molecular weight is 311 g/mol. The summed E-state index contributed by atoms with van der Waals surface area (Å²) in [5, 5.41) is 6.80. The molecule has 1 saturated heterocycles. The van der Waals surface area contributed by atoms with Crippen LogP contribution in [0, 0.1) is 0 Å². The first-order valence-electron chi connectivity index (χ1n) is 7.10. The van der Waals surface area contributed by atoms with Crippen LogP contribution in [-0.4, -0.2) is 45.3 Å². The fraction of sp³-hybridized carbons (Fsp3) is 0.500. The number of halogens is 1. The number of hydrogen-bond acceptors (Lipinski definition) is 4. The molecule has 0 saturated carbocycles. The molecule has 1 heterocycles. The first-order valence-corrected chi connectivity index (χ1v) is 7.48. The molecule has 0 aromatic heterocycles. The second kappa shape index (κ2) is 8.39. The standard InChI is InChI=1S/C14H20BClN2O3/c1-11(19)18-14(10-12-2-4-13(16)5-3-12)15-20-8-6-17-7-9-21-15/h2-5,14,17H,6-10H2,1H3,(H,18,19)/t14-/m0/s1. The van der Waals surface area contributed by atoms with Gasteiger partial charge in [0, 0.05) is 38.2 Å². The Bertz CT molecular complexity index is 450. The molecule has 0 unspecified atom stereocenters. The van der Waals surface area contributed by atoms with Crippen molar-refractivity contribution in [3.8, 4) is 0 Å². The van der Waals surface area contributed by atoms with E-state index in [1.165, 1.54) is 6.92 Å². The van der Waals surface area contributed by atoms with E-state index >= 15 is 0 Å². The van der Waals surface area contributed by atoms with Crippen molar-refractivity contribution < 1.29 is 14.1 Å². The summed E-state index contributed by atoms with van der Waals surface area (Å²) in [5.74, 6) is -0.317. The first-order chi connectivity index (χ1) is 10.1. The van der Waals surface area contributed by atoms with Gasteiger partial charge in [0.05, 0.1) is 5.94 Å². The van der Waals surface area contributed by atoms with E-state index in [4.69, 9.17) is 20.9 Å². The van der Waals surface area contributed by atoms with E-state index in [-0.39, 0.29) is 11.8 Å². The third-order valence-corrected chi connectivity index (χ3v) is 3.46. The molecule has 21 heavy (non-hydrogen) atoms. The van der Waals surface area contributed by atoms with Crippen LogP contribution in [-0.2, 0) is 20.5 Å². The summed E-state index contributed by atoms with van der Waals surface area (Å²) < 4.78 is 11.4.